The predicted molar refractivity (Wildman–Crippen MR) is 74.8 cm³/mol. The van der Waals surface area contributed by atoms with Gasteiger partial charge in [-0.25, -0.2) is 0 Å². The van der Waals surface area contributed by atoms with Crippen LogP contribution in [0.3, 0.4) is 0 Å². The molecule has 0 aliphatic carbocycles. The number of nitrogen functional groups attached to an aromatic ring is 1. The summed E-state index contributed by atoms with van der Waals surface area (Å²) < 4.78 is 4.99. The fraction of sp³-hybridized carbons (Fsp3) is 0.667. The van der Waals surface area contributed by atoms with Crippen LogP contribution in [-0.4, -0.2) is 36.8 Å². The van der Waals surface area contributed by atoms with Crippen molar-refractivity contribution < 1.29 is 4.74 Å². The smallest absolute Gasteiger partial charge is 0.223 e. The maximum absolute atomic E-state index is 5.66. The third kappa shape index (κ3) is 5.67. The van der Waals surface area contributed by atoms with Crippen LogP contribution in [0.5, 0.6) is 0 Å². The van der Waals surface area contributed by atoms with Crippen molar-refractivity contribution in [2.24, 2.45) is 0 Å². The molecule has 0 fully saturated rings. The molecule has 0 bridgehead atoms. The minimum Gasteiger partial charge on any atom is -0.385 e. The maximum Gasteiger partial charge on any atom is 0.223 e. The Balaban J connectivity index is 2.41. The van der Waals surface area contributed by atoms with Crippen LogP contribution in [0.15, 0.2) is 6.07 Å². The molecule has 6 heteroatoms. The number of rotatable bonds is 9. The standard InChI is InChI=1S/C12H23N5O/c1-3-6-14-10-9-11(17-12(13)16-10)15-7-4-5-8-18-2/h9H,3-8H2,1-2H3,(H4,13,14,15,16,17). The first kappa shape index (κ1) is 14.5. The maximum atomic E-state index is 5.66. The van der Waals surface area contributed by atoms with Crippen LogP contribution >= 0.6 is 0 Å². The van der Waals surface area contributed by atoms with Gasteiger partial charge in [-0.15, -0.1) is 0 Å². The van der Waals surface area contributed by atoms with Crippen LogP contribution in [0.1, 0.15) is 26.2 Å². The molecular formula is C12H23N5O. The monoisotopic (exact) mass is 253 g/mol. The van der Waals surface area contributed by atoms with E-state index in [9.17, 15) is 0 Å². The number of unbranched alkanes of at least 4 members (excludes halogenated alkanes) is 1. The molecule has 1 rings (SSSR count). The number of anilines is 3. The van der Waals surface area contributed by atoms with Crippen molar-refractivity contribution in [2.75, 3.05) is 43.2 Å². The van der Waals surface area contributed by atoms with Gasteiger partial charge in [-0.1, -0.05) is 6.92 Å². The second-order valence-electron chi connectivity index (χ2n) is 4.05. The van der Waals surface area contributed by atoms with Crippen molar-refractivity contribution in [2.45, 2.75) is 26.2 Å². The summed E-state index contributed by atoms with van der Waals surface area (Å²) in [6.45, 7) is 4.63. The molecule has 1 aromatic rings. The molecule has 0 radical (unpaired) electrons. The summed E-state index contributed by atoms with van der Waals surface area (Å²) in [4.78, 5) is 8.27. The van der Waals surface area contributed by atoms with Gasteiger partial charge >= 0.3 is 0 Å². The molecule has 4 N–H and O–H groups in total. The summed E-state index contributed by atoms with van der Waals surface area (Å²) in [6, 6.07) is 1.88. The minimum absolute atomic E-state index is 0.287. The number of nitrogens with one attached hydrogen (secondary N) is 2. The molecule has 1 aromatic heterocycles. The second-order valence-corrected chi connectivity index (χ2v) is 4.05. The molecule has 1 heterocycles. The fourth-order valence-electron chi connectivity index (χ4n) is 1.49. The predicted octanol–water partition coefficient (Wildman–Crippen LogP) is 1.72. The molecule has 0 spiro atoms. The van der Waals surface area contributed by atoms with Gasteiger partial charge in [0.2, 0.25) is 5.95 Å². The fourth-order valence-corrected chi connectivity index (χ4v) is 1.49. The average molecular weight is 253 g/mol. The number of nitrogens with two attached hydrogens (primary N) is 1. The number of hydrogen-bond acceptors (Lipinski definition) is 6. The van der Waals surface area contributed by atoms with Gasteiger partial charge in [0.25, 0.3) is 0 Å². The zero-order valence-corrected chi connectivity index (χ0v) is 11.2. The van der Waals surface area contributed by atoms with E-state index in [0.29, 0.717) is 0 Å². The number of methoxy groups -OCH3 is 1. The SMILES string of the molecule is CCCNc1cc(NCCCCOC)nc(N)n1. The van der Waals surface area contributed by atoms with Gasteiger partial charge in [0.15, 0.2) is 0 Å². The zero-order valence-electron chi connectivity index (χ0n) is 11.2. The lowest BCUT2D eigenvalue weighted by molar-refractivity contribution is 0.194. The quantitative estimate of drug-likeness (QED) is 0.581. The molecule has 0 saturated heterocycles. The van der Waals surface area contributed by atoms with E-state index in [1.165, 1.54) is 0 Å². The Morgan fingerprint density at radius 1 is 1.17 bits per heavy atom. The Kier molecular flexibility index (Phi) is 6.86. The average Bonchev–Trinajstić information content (AvgIpc) is 2.35. The summed E-state index contributed by atoms with van der Waals surface area (Å²) in [7, 11) is 1.71. The minimum atomic E-state index is 0.287. The summed E-state index contributed by atoms with van der Waals surface area (Å²) in [6.07, 6.45) is 3.12. The van der Waals surface area contributed by atoms with Gasteiger partial charge in [0.05, 0.1) is 0 Å². The lowest BCUT2D eigenvalue weighted by Gasteiger charge is -2.09. The molecule has 18 heavy (non-hydrogen) atoms. The van der Waals surface area contributed by atoms with Crippen LogP contribution < -0.4 is 16.4 Å². The first-order chi connectivity index (χ1) is 8.76. The van der Waals surface area contributed by atoms with E-state index in [2.05, 4.69) is 27.5 Å². The van der Waals surface area contributed by atoms with Crippen molar-refractivity contribution >= 4 is 17.6 Å². The van der Waals surface area contributed by atoms with Gasteiger partial charge < -0.3 is 21.1 Å². The Labute approximate surface area is 108 Å². The summed E-state index contributed by atoms with van der Waals surface area (Å²) in [5, 5.41) is 6.43. The molecule has 0 unspecified atom stereocenters. The van der Waals surface area contributed by atoms with E-state index >= 15 is 0 Å². The third-order valence-corrected chi connectivity index (χ3v) is 2.38. The van der Waals surface area contributed by atoms with Gasteiger partial charge in [-0.2, -0.15) is 9.97 Å². The van der Waals surface area contributed by atoms with Crippen molar-refractivity contribution in [1.29, 1.82) is 0 Å². The Morgan fingerprint density at radius 2 is 1.83 bits per heavy atom. The molecular weight excluding hydrogens is 230 g/mol. The molecule has 102 valence electrons. The first-order valence-corrected chi connectivity index (χ1v) is 6.37. The zero-order chi connectivity index (χ0) is 13.2. The largest absolute Gasteiger partial charge is 0.385 e. The Bertz CT molecular complexity index is 345. The van der Waals surface area contributed by atoms with Crippen LogP contribution in [0.4, 0.5) is 17.6 Å². The van der Waals surface area contributed by atoms with Crippen molar-refractivity contribution in [1.82, 2.24) is 9.97 Å². The van der Waals surface area contributed by atoms with Crippen molar-refractivity contribution in [3.63, 3.8) is 0 Å². The van der Waals surface area contributed by atoms with Crippen LogP contribution in [-0.2, 0) is 4.74 Å². The van der Waals surface area contributed by atoms with Gasteiger partial charge in [0.1, 0.15) is 11.6 Å². The highest BCUT2D eigenvalue weighted by Crippen LogP contribution is 2.12. The number of ether oxygens (including phenoxy) is 1. The highest BCUT2D eigenvalue weighted by Gasteiger charge is 2.01. The number of nitrogens with zero attached hydrogens (tertiary/aromatic N) is 2. The van der Waals surface area contributed by atoms with E-state index in [1.54, 1.807) is 7.11 Å². The molecule has 0 atom stereocenters. The summed E-state index contributed by atoms with van der Waals surface area (Å²) in [5.74, 6) is 1.82. The normalized spacial score (nSPS) is 10.3. The third-order valence-electron chi connectivity index (χ3n) is 2.38. The molecule has 6 nitrogen and oxygen atoms in total. The van der Waals surface area contributed by atoms with E-state index < -0.39 is 0 Å². The van der Waals surface area contributed by atoms with Crippen LogP contribution in [0.25, 0.3) is 0 Å². The summed E-state index contributed by atoms with van der Waals surface area (Å²) in [5.41, 5.74) is 5.66. The Hall–Kier alpha value is -1.56. The second kappa shape index (κ2) is 8.52. The van der Waals surface area contributed by atoms with E-state index in [-0.39, 0.29) is 5.95 Å². The van der Waals surface area contributed by atoms with E-state index in [1.807, 2.05) is 6.07 Å². The van der Waals surface area contributed by atoms with Gasteiger partial charge in [-0.3, -0.25) is 0 Å². The van der Waals surface area contributed by atoms with Gasteiger partial charge in [-0.05, 0) is 19.3 Å². The molecule has 0 amide bonds. The lowest BCUT2D eigenvalue weighted by atomic mass is 10.3. The van der Waals surface area contributed by atoms with Crippen LogP contribution in [0, 0.1) is 0 Å². The molecule has 0 aliphatic rings. The lowest BCUT2D eigenvalue weighted by Crippen LogP contribution is -2.09. The highest BCUT2D eigenvalue weighted by atomic mass is 16.5. The summed E-state index contributed by atoms with van der Waals surface area (Å²) >= 11 is 0. The van der Waals surface area contributed by atoms with Gasteiger partial charge in [0, 0.05) is 32.9 Å². The van der Waals surface area contributed by atoms with E-state index in [0.717, 1.165) is 50.6 Å². The first-order valence-electron chi connectivity index (χ1n) is 6.37. The van der Waals surface area contributed by atoms with E-state index in [4.69, 9.17) is 10.5 Å². The van der Waals surface area contributed by atoms with Crippen LogP contribution in [0.2, 0.25) is 0 Å². The molecule has 0 saturated carbocycles. The highest BCUT2D eigenvalue weighted by molar-refractivity contribution is 5.50. The van der Waals surface area contributed by atoms with Crippen molar-refractivity contribution in [3.8, 4) is 0 Å². The Morgan fingerprint density at radius 3 is 2.44 bits per heavy atom. The molecule has 0 aliphatic heterocycles. The van der Waals surface area contributed by atoms with Crippen molar-refractivity contribution in [3.05, 3.63) is 6.07 Å². The number of hydrogen-bond donors (Lipinski definition) is 3. The molecule has 0 aromatic carbocycles. The number of aromatic nitrogens is 2. The topological polar surface area (TPSA) is 85.1 Å².